The summed E-state index contributed by atoms with van der Waals surface area (Å²) in [4.78, 5) is 0.237. The first kappa shape index (κ1) is 15.5. The quantitative estimate of drug-likeness (QED) is 0.872. The largest absolute Gasteiger partial charge is 0.464 e. The van der Waals surface area contributed by atoms with Crippen LogP contribution in [0.25, 0.3) is 0 Å². The monoisotopic (exact) mass is 300 g/mol. The lowest BCUT2D eigenvalue weighted by molar-refractivity contribution is 0.457. The number of hydrogen-bond acceptors (Lipinski definition) is 4. The smallest absolute Gasteiger partial charge is 0.244 e. The molecule has 0 unspecified atom stereocenters. The Kier molecular flexibility index (Phi) is 3.56. The van der Waals surface area contributed by atoms with Crippen LogP contribution in [-0.2, 0) is 16.6 Å². The first-order valence-corrected chi connectivity index (χ1v) is 8.28. The van der Waals surface area contributed by atoms with Gasteiger partial charge in [-0.25, -0.2) is 13.1 Å². The second kappa shape index (κ2) is 4.58. The van der Waals surface area contributed by atoms with Gasteiger partial charge in [-0.1, -0.05) is 27.7 Å². The number of furan rings is 1. The van der Waals surface area contributed by atoms with Gasteiger partial charge in [-0.05, 0) is 24.8 Å². The topological polar surface area (TPSA) is 71.3 Å². The number of sulfonamides is 1. The minimum Gasteiger partial charge on any atom is -0.464 e. The summed E-state index contributed by atoms with van der Waals surface area (Å²) >= 11 is 0. The molecule has 1 saturated carbocycles. The van der Waals surface area contributed by atoms with Gasteiger partial charge in [0.1, 0.15) is 16.4 Å². The van der Waals surface area contributed by atoms with Gasteiger partial charge in [0, 0.05) is 12.1 Å². The highest BCUT2D eigenvalue weighted by molar-refractivity contribution is 7.89. The molecule has 20 heavy (non-hydrogen) atoms. The van der Waals surface area contributed by atoms with Gasteiger partial charge >= 0.3 is 0 Å². The summed E-state index contributed by atoms with van der Waals surface area (Å²) in [5.41, 5.74) is -0.0724. The Labute approximate surface area is 121 Å². The van der Waals surface area contributed by atoms with Crippen LogP contribution in [0.2, 0.25) is 0 Å². The van der Waals surface area contributed by atoms with Crippen LogP contribution in [0, 0.1) is 17.8 Å². The molecule has 1 aromatic rings. The zero-order valence-corrected chi connectivity index (χ0v) is 13.8. The van der Waals surface area contributed by atoms with Crippen molar-refractivity contribution in [1.82, 2.24) is 10.0 Å². The third-order valence-corrected chi connectivity index (χ3v) is 6.39. The van der Waals surface area contributed by atoms with Gasteiger partial charge in [0.2, 0.25) is 10.0 Å². The maximum Gasteiger partial charge on any atom is 0.244 e. The van der Waals surface area contributed by atoms with E-state index in [2.05, 4.69) is 37.7 Å². The molecule has 5 nitrogen and oxygen atoms in total. The Balaban J connectivity index is 2.24. The Bertz CT molecular complexity index is 600. The van der Waals surface area contributed by atoms with E-state index in [4.69, 9.17) is 4.42 Å². The fourth-order valence-electron chi connectivity index (χ4n) is 2.76. The van der Waals surface area contributed by atoms with Gasteiger partial charge < -0.3 is 9.73 Å². The van der Waals surface area contributed by atoms with Crippen LogP contribution in [0.4, 0.5) is 0 Å². The first-order valence-electron chi connectivity index (χ1n) is 6.80. The number of nitrogens with one attached hydrogen (secondary N) is 2. The second-order valence-electron chi connectivity index (χ2n) is 6.66. The number of hydrogen-bond donors (Lipinski definition) is 2. The minimum absolute atomic E-state index is 0.0362. The lowest BCUT2D eigenvalue weighted by Crippen LogP contribution is -2.30. The van der Waals surface area contributed by atoms with Crippen molar-refractivity contribution in [3.63, 3.8) is 0 Å². The van der Waals surface area contributed by atoms with Gasteiger partial charge in [-0.3, -0.25) is 0 Å². The van der Waals surface area contributed by atoms with Gasteiger partial charge in [-0.15, -0.1) is 0 Å². The zero-order chi connectivity index (χ0) is 15.3. The van der Waals surface area contributed by atoms with Crippen LogP contribution in [0.15, 0.2) is 15.4 Å². The molecule has 1 aliphatic carbocycles. The van der Waals surface area contributed by atoms with Crippen LogP contribution >= 0.6 is 0 Å². The predicted octanol–water partition coefficient (Wildman–Crippen LogP) is 2.02. The van der Waals surface area contributed by atoms with E-state index in [0.717, 1.165) is 0 Å². The van der Waals surface area contributed by atoms with Crippen molar-refractivity contribution in [2.24, 2.45) is 10.8 Å². The molecule has 6 heteroatoms. The van der Waals surface area contributed by atoms with Crippen molar-refractivity contribution >= 4 is 10.0 Å². The molecule has 2 rings (SSSR count). The summed E-state index contributed by atoms with van der Waals surface area (Å²) in [6.45, 7) is 10.5. The van der Waals surface area contributed by atoms with E-state index in [-0.39, 0.29) is 21.8 Å². The molecule has 0 atom stereocenters. The zero-order valence-electron chi connectivity index (χ0n) is 13.0. The van der Waals surface area contributed by atoms with E-state index in [0.29, 0.717) is 18.1 Å². The van der Waals surface area contributed by atoms with Gasteiger partial charge in [0.05, 0.1) is 6.54 Å². The molecule has 0 radical (unpaired) electrons. The van der Waals surface area contributed by atoms with E-state index < -0.39 is 10.0 Å². The highest BCUT2D eigenvalue weighted by Gasteiger charge is 2.66. The van der Waals surface area contributed by atoms with Gasteiger partial charge in [-0.2, -0.15) is 0 Å². The molecule has 1 aliphatic rings. The molecule has 1 aromatic heterocycles. The summed E-state index contributed by atoms with van der Waals surface area (Å²) < 4.78 is 33.3. The molecule has 2 N–H and O–H groups in total. The minimum atomic E-state index is -3.54. The maximum atomic E-state index is 12.5. The molecular formula is C14H24N2O3S. The van der Waals surface area contributed by atoms with Crippen molar-refractivity contribution in [1.29, 1.82) is 0 Å². The molecule has 114 valence electrons. The van der Waals surface area contributed by atoms with E-state index in [9.17, 15) is 8.42 Å². The fourth-order valence-corrected chi connectivity index (χ4v) is 4.50. The van der Waals surface area contributed by atoms with Gasteiger partial charge in [0.25, 0.3) is 0 Å². The van der Waals surface area contributed by atoms with Crippen molar-refractivity contribution in [3.8, 4) is 0 Å². The van der Waals surface area contributed by atoms with Crippen LogP contribution in [-0.4, -0.2) is 21.5 Å². The Morgan fingerprint density at radius 1 is 1.25 bits per heavy atom. The Hall–Kier alpha value is -0.850. The first-order chi connectivity index (χ1) is 9.04. The van der Waals surface area contributed by atoms with E-state index >= 15 is 0 Å². The number of aryl methyl sites for hydroxylation is 1. The normalized spacial score (nSPS) is 21.1. The fraction of sp³-hybridized carbons (Fsp3) is 0.714. The molecule has 1 heterocycles. The van der Waals surface area contributed by atoms with Crippen molar-refractivity contribution in [2.45, 2.75) is 52.1 Å². The molecule has 0 spiro atoms. The van der Waals surface area contributed by atoms with Crippen molar-refractivity contribution < 1.29 is 12.8 Å². The third kappa shape index (κ3) is 2.29. The third-order valence-electron chi connectivity index (χ3n) is 4.86. The highest BCUT2D eigenvalue weighted by atomic mass is 32.2. The molecule has 0 amide bonds. The predicted molar refractivity (Wildman–Crippen MR) is 77.9 cm³/mol. The molecule has 1 fully saturated rings. The summed E-state index contributed by atoms with van der Waals surface area (Å²) in [6.07, 6.45) is 0. The van der Waals surface area contributed by atoms with Crippen LogP contribution in [0.3, 0.4) is 0 Å². The van der Waals surface area contributed by atoms with Crippen molar-refractivity contribution in [2.75, 3.05) is 7.05 Å². The average Bonchev–Trinajstić information content (AvgIpc) is 2.64. The lowest BCUT2D eigenvalue weighted by Gasteiger charge is -2.07. The molecule has 0 bridgehead atoms. The standard InChI is InChI=1S/C14H24N2O3S/c1-9-11(7-10(19-9)8-15-6)20(17,18)16-12-13(2,3)14(12,4)5/h7,12,15-16H,8H2,1-6H3. The lowest BCUT2D eigenvalue weighted by atomic mass is 10.0. The van der Waals surface area contributed by atoms with Crippen LogP contribution in [0.1, 0.15) is 39.2 Å². The van der Waals surface area contributed by atoms with E-state index in [1.54, 1.807) is 20.0 Å². The van der Waals surface area contributed by atoms with E-state index in [1.165, 1.54) is 0 Å². The SMILES string of the molecule is CNCc1cc(S(=O)(=O)NC2C(C)(C)C2(C)C)c(C)o1. The maximum absolute atomic E-state index is 12.5. The van der Waals surface area contributed by atoms with Crippen LogP contribution < -0.4 is 10.0 Å². The van der Waals surface area contributed by atoms with Crippen LogP contribution in [0.5, 0.6) is 0 Å². The summed E-state index contributed by atoms with van der Waals surface area (Å²) in [5.74, 6) is 1.05. The molecule has 0 aromatic carbocycles. The van der Waals surface area contributed by atoms with E-state index in [1.807, 2.05) is 0 Å². The molecule has 0 saturated heterocycles. The summed E-state index contributed by atoms with van der Waals surface area (Å²) in [5, 5.41) is 2.95. The second-order valence-corrected chi connectivity index (χ2v) is 8.34. The number of rotatable bonds is 5. The van der Waals surface area contributed by atoms with Gasteiger partial charge in [0.15, 0.2) is 0 Å². The summed E-state index contributed by atoms with van der Waals surface area (Å²) in [7, 11) is -1.75. The molecular weight excluding hydrogens is 276 g/mol. The summed E-state index contributed by atoms with van der Waals surface area (Å²) in [6, 6.07) is 1.54. The molecule has 0 aliphatic heterocycles. The average molecular weight is 300 g/mol. The Morgan fingerprint density at radius 2 is 1.80 bits per heavy atom. The Morgan fingerprint density at radius 3 is 2.25 bits per heavy atom. The highest BCUT2D eigenvalue weighted by Crippen LogP contribution is 2.63. The van der Waals surface area contributed by atoms with Crippen molar-refractivity contribution in [3.05, 3.63) is 17.6 Å².